The predicted octanol–water partition coefficient (Wildman–Crippen LogP) is 1.53. The summed E-state index contributed by atoms with van der Waals surface area (Å²) in [4.78, 5) is 1.89. The summed E-state index contributed by atoms with van der Waals surface area (Å²) in [7, 11) is 7.79. The van der Waals surface area contributed by atoms with E-state index < -0.39 is 0 Å². The number of methoxy groups -OCH3 is 1. The first kappa shape index (κ1) is 10.7. The van der Waals surface area contributed by atoms with Gasteiger partial charge in [0, 0.05) is 19.2 Å². The van der Waals surface area contributed by atoms with Crippen molar-refractivity contribution in [3.63, 3.8) is 0 Å². The van der Waals surface area contributed by atoms with Crippen LogP contribution in [0.15, 0.2) is 24.3 Å². The summed E-state index contributed by atoms with van der Waals surface area (Å²) >= 11 is 0. The molecule has 15 heavy (non-hydrogen) atoms. The monoisotopic (exact) mass is 201 g/mol. The lowest BCUT2D eigenvalue weighted by Gasteiger charge is -2.43. The van der Waals surface area contributed by atoms with E-state index >= 15 is 0 Å². The lowest BCUT2D eigenvalue weighted by atomic mass is 9.82. The second kappa shape index (κ2) is 3.99. The Morgan fingerprint density at radius 1 is 1.40 bits per heavy atom. The average molecular weight is 201 g/mol. The van der Waals surface area contributed by atoms with Crippen molar-refractivity contribution in [2.24, 2.45) is 0 Å². The molecule has 0 N–H and O–H groups in total. The van der Waals surface area contributed by atoms with Crippen molar-refractivity contribution in [2.75, 3.05) is 13.7 Å². The minimum Gasteiger partial charge on any atom is -0.383 e. The largest absolute Gasteiger partial charge is 0.383 e. The van der Waals surface area contributed by atoms with E-state index in [-0.39, 0.29) is 5.54 Å². The maximum Gasteiger partial charge on any atom is 0.183 e. The molecular weight excluding hydrogens is 185 g/mol. The molecule has 2 radical (unpaired) electrons. The van der Waals surface area contributed by atoms with E-state index in [2.05, 4.69) is 31.2 Å². The second-order valence-electron chi connectivity index (χ2n) is 4.50. The molecule has 0 aliphatic carbocycles. The van der Waals surface area contributed by atoms with E-state index in [9.17, 15) is 0 Å². The second-order valence-corrected chi connectivity index (χ2v) is 4.50. The number of fused-ring (bicyclic) bond motifs is 1. The van der Waals surface area contributed by atoms with Gasteiger partial charge < -0.3 is 9.55 Å². The van der Waals surface area contributed by atoms with Crippen LogP contribution in [0.3, 0.4) is 0 Å². The smallest absolute Gasteiger partial charge is 0.183 e. The number of hydrogen-bond donors (Lipinski definition) is 0. The summed E-state index contributed by atoms with van der Waals surface area (Å²) in [6, 6.07) is 8.46. The standard InChI is InChI=1S/C12H16BNO/c1-12(9-15-2)7-10-5-3-4-6-11(10)8-14(12)13/h3-6H,7-9H2,1-2H3. The van der Waals surface area contributed by atoms with Crippen molar-refractivity contribution < 1.29 is 4.74 Å². The Balaban J connectivity index is 2.29. The van der Waals surface area contributed by atoms with Gasteiger partial charge in [0.05, 0.1) is 6.61 Å². The fourth-order valence-corrected chi connectivity index (χ4v) is 2.22. The third-order valence-electron chi connectivity index (χ3n) is 3.18. The van der Waals surface area contributed by atoms with Gasteiger partial charge in [-0.1, -0.05) is 24.3 Å². The van der Waals surface area contributed by atoms with Crippen LogP contribution in [0.2, 0.25) is 0 Å². The highest BCUT2D eigenvalue weighted by Crippen LogP contribution is 2.29. The first-order valence-electron chi connectivity index (χ1n) is 5.24. The molecule has 0 fully saturated rings. The number of benzene rings is 1. The van der Waals surface area contributed by atoms with Gasteiger partial charge in [-0.15, -0.1) is 0 Å². The molecule has 1 heterocycles. The van der Waals surface area contributed by atoms with Gasteiger partial charge in [-0.05, 0) is 24.5 Å². The van der Waals surface area contributed by atoms with Crippen LogP contribution in [-0.2, 0) is 17.7 Å². The van der Waals surface area contributed by atoms with Gasteiger partial charge in [0.2, 0.25) is 0 Å². The van der Waals surface area contributed by atoms with Gasteiger partial charge in [0.25, 0.3) is 0 Å². The fraction of sp³-hybridized carbons (Fsp3) is 0.500. The number of hydrogen-bond acceptors (Lipinski definition) is 2. The molecule has 0 aromatic heterocycles. The molecule has 0 amide bonds. The predicted molar refractivity (Wildman–Crippen MR) is 61.7 cm³/mol. The lowest BCUT2D eigenvalue weighted by Crippen LogP contribution is -2.52. The zero-order valence-corrected chi connectivity index (χ0v) is 9.36. The molecule has 1 atom stereocenters. The molecule has 1 aliphatic rings. The zero-order chi connectivity index (χ0) is 10.9. The van der Waals surface area contributed by atoms with Crippen LogP contribution < -0.4 is 0 Å². The minimum absolute atomic E-state index is 0.0803. The Labute approximate surface area is 92.7 Å². The van der Waals surface area contributed by atoms with Crippen molar-refractivity contribution in [3.05, 3.63) is 35.4 Å². The SMILES string of the molecule is [B]N1Cc2ccccc2CC1(C)COC. The van der Waals surface area contributed by atoms with Gasteiger partial charge in [-0.2, -0.15) is 0 Å². The summed E-state index contributed by atoms with van der Waals surface area (Å²) in [5.41, 5.74) is 2.63. The fourth-order valence-electron chi connectivity index (χ4n) is 2.22. The molecular formula is C12H16BNO. The summed E-state index contributed by atoms with van der Waals surface area (Å²) in [5.74, 6) is 0. The van der Waals surface area contributed by atoms with Gasteiger partial charge in [0.1, 0.15) is 0 Å². The molecule has 2 rings (SSSR count). The van der Waals surface area contributed by atoms with Crippen LogP contribution in [0.4, 0.5) is 0 Å². The number of rotatable bonds is 2. The third-order valence-corrected chi connectivity index (χ3v) is 3.18. The van der Waals surface area contributed by atoms with Gasteiger partial charge >= 0.3 is 0 Å². The van der Waals surface area contributed by atoms with Gasteiger partial charge in [-0.25, -0.2) is 0 Å². The Kier molecular flexibility index (Phi) is 2.85. The molecule has 3 heteroatoms. The average Bonchev–Trinajstić information content (AvgIpc) is 2.20. The van der Waals surface area contributed by atoms with Crippen LogP contribution in [0.5, 0.6) is 0 Å². The topological polar surface area (TPSA) is 12.5 Å². The van der Waals surface area contributed by atoms with E-state index in [4.69, 9.17) is 12.7 Å². The summed E-state index contributed by atoms with van der Waals surface area (Å²) in [6.45, 7) is 3.61. The van der Waals surface area contributed by atoms with Crippen molar-refractivity contribution in [1.82, 2.24) is 4.81 Å². The van der Waals surface area contributed by atoms with E-state index in [0.717, 1.165) is 13.0 Å². The van der Waals surface area contributed by atoms with Gasteiger partial charge in [0.15, 0.2) is 7.98 Å². The molecule has 1 unspecified atom stereocenters. The maximum absolute atomic E-state index is 6.07. The molecule has 2 nitrogen and oxygen atoms in total. The highest BCUT2D eigenvalue weighted by Gasteiger charge is 2.33. The summed E-state index contributed by atoms with van der Waals surface area (Å²) in [6.07, 6.45) is 0.952. The van der Waals surface area contributed by atoms with E-state index in [1.165, 1.54) is 11.1 Å². The Morgan fingerprint density at radius 3 is 2.73 bits per heavy atom. The first-order valence-corrected chi connectivity index (χ1v) is 5.24. The molecule has 1 aliphatic heterocycles. The lowest BCUT2D eigenvalue weighted by molar-refractivity contribution is 0.0614. The maximum atomic E-state index is 6.07. The van der Waals surface area contributed by atoms with E-state index in [1.807, 2.05) is 4.81 Å². The van der Waals surface area contributed by atoms with Crippen LogP contribution in [0, 0.1) is 0 Å². The molecule has 0 spiro atoms. The van der Waals surface area contributed by atoms with Crippen molar-refractivity contribution >= 4 is 7.98 Å². The minimum atomic E-state index is -0.0803. The molecule has 1 aromatic carbocycles. The van der Waals surface area contributed by atoms with Crippen molar-refractivity contribution in [2.45, 2.75) is 25.4 Å². The Hall–Kier alpha value is -0.795. The Morgan fingerprint density at radius 2 is 2.07 bits per heavy atom. The molecule has 78 valence electrons. The summed E-state index contributed by atoms with van der Waals surface area (Å²) < 4.78 is 5.25. The number of nitrogens with zero attached hydrogens (tertiary/aromatic N) is 1. The quantitative estimate of drug-likeness (QED) is 0.673. The van der Waals surface area contributed by atoms with Crippen molar-refractivity contribution in [1.29, 1.82) is 0 Å². The number of ether oxygens (including phenoxy) is 1. The van der Waals surface area contributed by atoms with Crippen LogP contribution in [-0.4, -0.2) is 32.0 Å². The molecule has 0 saturated carbocycles. The van der Waals surface area contributed by atoms with Crippen LogP contribution >= 0.6 is 0 Å². The third kappa shape index (κ3) is 1.94. The van der Waals surface area contributed by atoms with Crippen LogP contribution in [0.25, 0.3) is 0 Å². The van der Waals surface area contributed by atoms with E-state index in [1.54, 1.807) is 7.11 Å². The normalized spacial score (nSPS) is 26.3. The Bertz CT molecular complexity index is 355. The van der Waals surface area contributed by atoms with Crippen molar-refractivity contribution in [3.8, 4) is 0 Å². The highest BCUT2D eigenvalue weighted by atomic mass is 16.5. The van der Waals surface area contributed by atoms with Crippen LogP contribution in [0.1, 0.15) is 18.1 Å². The molecule has 1 aromatic rings. The summed E-state index contributed by atoms with van der Waals surface area (Å²) in [5, 5.41) is 0. The molecule has 0 saturated heterocycles. The van der Waals surface area contributed by atoms with E-state index in [0.29, 0.717) is 6.61 Å². The highest BCUT2D eigenvalue weighted by molar-refractivity contribution is 6.05. The first-order chi connectivity index (χ1) is 7.15. The van der Waals surface area contributed by atoms with Gasteiger partial charge in [-0.3, -0.25) is 0 Å². The zero-order valence-electron chi connectivity index (χ0n) is 9.36. The molecule has 0 bridgehead atoms.